The summed E-state index contributed by atoms with van der Waals surface area (Å²) in [6.45, 7) is 3.12. The summed E-state index contributed by atoms with van der Waals surface area (Å²) >= 11 is 3.47. The van der Waals surface area contributed by atoms with Gasteiger partial charge in [0.1, 0.15) is 5.75 Å². The maximum atomic E-state index is 11.2. The summed E-state index contributed by atoms with van der Waals surface area (Å²) in [6, 6.07) is 4.08. The van der Waals surface area contributed by atoms with Crippen LogP contribution in [0.1, 0.15) is 24.5 Å². The highest BCUT2D eigenvalue weighted by atomic mass is 79.9. The van der Waals surface area contributed by atoms with E-state index in [0.717, 1.165) is 28.8 Å². The smallest absolute Gasteiger partial charge is 0.219 e. The van der Waals surface area contributed by atoms with Crippen molar-refractivity contribution in [3.63, 3.8) is 0 Å². The molecule has 1 aliphatic heterocycles. The SMILES string of the molecule is CCC(=O)NCc1cc(Br)cc2c1OCC2. The molecular formula is C12H14BrNO2. The van der Waals surface area contributed by atoms with Gasteiger partial charge in [-0.05, 0) is 17.7 Å². The highest BCUT2D eigenvalue weighted by Gasteiger charge is 2.17. The van der Waals surface area contributed by atoms with E-state index in [2.05, 4.69) is 27.3 Å². The van der Waals surface area contributed by atoms with Crippen molar-refractivity contribution >= 4 is 21.8 Å². The van der Waals surface area contributed by atoms with Crippen LogP contribution in [-0.2, 0) is 17.8 Å². The Morgan fingerprint density at radius 2 is 2.38 bits per heavy atom. The Labute approximate surface area is 103 Å². The lowest BCUT2D eigenvalue weighted by atomic mass is 10.1. The van der Waals surface area contributed by atoms with E-state index in [1.165, 1.54) is 5.56 Å². The normalized spacial score (nSPS) is 13.1. The largest absolute Gasteiger partial charge is 0.493 e. The number of amides is 1. The van der Waals surface area contributed by atoms with Gasteiger partial charge in [0.25, 0.3) is 0 Å². The fourth-order valence-electron chi connectivity index (χ4n) is 1.80. The summed E-state index contributed by atoms with van der Waals surface area (Å²) in [7, 11) is 0. The number of hydrogen-bond donors (Lipinski definition) is 1. The average Bonchev–Trinajstić information content (AvgIpc) is 2.73. The molecule has 0 spiro atoms. The molecule has 16 heavy (non-hydrogen) atoms. The van der Waals surface area contributed by atoms with E-state index in [4.69, 9.17) is 4.74 Å². The van der Waals surface area contributed by atoms with Gasteiger partial charge in [0.05, 0.1) is 6.61 Å². The van der Waals surface area contributed by atoms with Gasteiger partial charge >= 0.3 is 0 Å². The van der Waals surface area contributed by atoms with E-state index in [9.17, 15) is 4.79 Å². The lowest BCUT2D eigenvalue weighted by molar-refractivity contribution is -0.120. The summed E-state index contributed by atoms with van der Waals surface area (Å²) < 4.78 is 6.62. The molecule has 1 aliphatic rings. The molecule has 0 aliphatic carbocycles. The highest BCUT2D eigenvalue weighted by Crippen LogP contribution is 2.32. The summed E-state index contributed by atoms with van der Waals surface area (Å²) in [4.78, 5) is 11.2. The molecule has 1 aromatic carbocycles. The first-order valence-electron chi connectivity index (χ1n) is 5.41. The van der Waals surface area contributed by atoms with Gasteiger partial charge in [0.15, 0.2) is 0 Å². The third-order valence-electron chi connectivity index (χ3n) is 2.62. The van der Waals surface area contributed by atoms with Crippen molar-refractivity contribution in [2.24, 2.45) is 0 Å². The van der Waals surface area contributed by atoms with Crippen LogP contribution in [0.15, 0.2) is 16.6 Å². The number of halogens is 1. The molecule has 0 saturated carbocycles. The fraction of sp³-hybridized carbons (Fsp3) is 0.417. The summed E-state index contributed by atoms with van der Waals surface area (Å²) in [5.74, 6) is 1.01. The van der Waals surface area contributed by atoms with Crippen LogP contribution in [0.4, 0.5) is 0 Å². The standard InChI is InChI=1S/C12H14BrNO2/c1-2-11(15)14-7-9-6-10(13)5-8-3-4-16-12(8)9/h5-6H,2-4,7H2,1H3,(H,14,15). The van der Waals surface area contributed by atoms with Gasteiger partial charge in [0.2, 0.25) is 5.91 Å². The second kappa shape index (κ2) is 4.87. The minimum atomic E-state index is 0.0618. The van der Waals surface area contributed by atoms with Gasteiger partial charge < -0.3 is 10.1 Å². The molecule has 0 fully saturated rings. The zero-order valence-electron chi connectivity index (χ0n) is 9.18. The zero-order valence-corrected chi connectivity index (χ0v) is 10.8. The number of hydrogen-bond acceptors (Lipinski definition) is 2. The molecule has 4 heteroatoms. The lowest BCUT2D eigenvalue weighted by Gasteiger charge is -2.09. The van der Waals surface area contributed by atoms with Crippen LogP contribution in [0.25, 0.3) is 0 Å². The molecule has 3 nitrogen and oxygen atoms in total. The molecule has 0 aromatic heterocycles. The first-order chi connectivity index (χ1) is 7.70. The molecule has 1 aromatic rings. The van der Waals surface area contributed by atoms with Gasteiger partial charge in [-0.15, -0.1) is 0 Å². The van der Waals surface area contributed by atoms with E-state index in [1.54, 1.807) is 0 Å². The Morgan fingerprint density at radius 3 is 3.12 bits per heavy atom. The minimum absolute atomic E-state index is 0.0618. The number of carbonyl (C=O) groups excluding carboxylic acids is 1. The number of fused-ring (bicyclic) bond motifs is 1. The second-order valence-corrected chi connectivity index (χ2v) is 4.70. The summed E-state index contributed by atoms with van der Waals surface area (Å²) in [5, 5.41) is 2.87. The Kier molecular flexibility index (Phi) is 3.49. The fourth-order valence-corrected chi connectivity index (χ4v) is 2.35. The molecular weight excluding hydrogens is 270 g/mol. The zero-order chi connectivity index (χ0) is 11.5. The quantitative estimate of drug-likeness (QED) is 0.925. The number of nitrogens with one attached hydrogen (secondary N) is 1. The first kappa shape index (κ1) is 11.5. The van der Waals surface area contributed by atoms with E-state index < -0.39 is 0 Å². The Balaban J connectivity index is 2.17. The molecule has 1 amide bonds. The lowest BCUT2D eigenvalue weighted by Crippen LogP contribution is -2.21. The Morgan fingerprint density at radius 1 is 1.56 bits per heavy atom. The summed E-state index contributed by atoms with van der Waals surface area (Å²) in [5.41, 5.74) is 2.26. The highest BCUT2D eigenvalue weighted by molar-refractivity contribution is 9.10. The molecule has 0 bridgehead atoms. The number of benzene rings is 1. The van der Waals surface area contributed by atoms with E-state index in [1.807, 2.05) is 13.0 Å². The maximum absolute atomic E-state index is 11.2. The van der Waals surface area contributed by atoms with Crippen LogP contribution in [0.3, 0.4) is 0 Å². The molecule has 86 valence electrons. The van der Waals surface area contributed by atoms with E-state index >= 15 is 0 Å². The van der Waals surface area contributed by atoms with Gasteiger partial charge in [-0.1, -0.05) is 22.9 Å². The van der Waals surface area contributed by atoms with Gasteiger partial charge in [-0.25, -0.2) is 0 Å². The molecule has 0 unspecified atom stereocenters. The number of carbonyl (C=O) groups is 1. The van der Waals surface area contributed by atoms with Crippen molar-refractivity contribution < 1.29 is 9.53 Å². The van der Waals surface area contributed by atoms with E-state index in [-0.39, 0.29) is 5.91 Å². The van der Waals surface area contributed by atoms with Gasteiger partial charge in [0, 0.05) is 29.4 Å². The first-order valence-corrected chi connectivity index (χ1v) is 6.20. The third kappa shape index (κ3) is 2.38. The van der Waals surface area contributed by atoms with Crippen molar-refractivity contribution in [3.8, 4) is 5.75 Å². The third-order valence-corrected chi connectivity index (χ3v) is 3.08. The van der Waals surface area contributed by atoms with Crippen LogP contribution in [0.2, 0.25) is 0 Å². The van der Waals surface area contributed by atoms with Crippen LogP contribution < -0.4 is 10.1 Å². The predicted molar refractivity (Wildman–Crippen MR) is 65.5 cm³/mol. The van der Waals surface area contributed by atoms with Crippen molar-refractivity contribution in [2.75, 3.05) is 6.61 Å². The molecule has 1 N–H and O–H groups in total. The molecule has 0 saturated heterocycles. The molecule has 2 rings (SSSR count). The van der Waals surface area contributed by atoms with E-state index in [0.29, 0.717) is 13.0 Å². The average molecular weight is 284 g/mol. The van der Waals surface area contributed by atoms with Crippen molar-refractivity contribution in [2.45, 2.75) is 26.3 Å². The number of ether oxygens (including phenoxy) is 1. The molecule has 1 heterocycles. The topological polar surface area (TPSA) is 38.3 Å². The minimum Gasteiger partial charge on any atom is -0.493 e. The predicted octanol–water partition coefficient (Wildman–Crippen LogP) is 2.41. The monoisotopic (exact) mass is 283 g/mol. The summed E-state index contributed by atoms with van der Waals surface area (Å²) in [6.07, 6.45) is 1.46. The van der Waals surface area contributed by atoms with Gasteiger partial charge in [-0.3, -0.25) is 4.79 Å². The van der Waals surface area contributed by atoms with Crippen LogP contribution in [0.5, 0.6) is 5.75 Å². The molecule has 0 atom stereocenters. The number of rotatable bonds is 3. The molecule has 0 radical (unpaired) electrons. The maximum Gasteiger partial charge on any atom is 0.219 e. The Bertz CT molecular complexity index is 418. The van der Waals surface area contributed by atoms with Crippen LogP contribution in [-0.4, -0.2) is 12.5 Å². The van der Waals surface area contributed by atoms with Crippen molar-refractivity contribution in [1.29, 1.82) is 0 Å². The van der Waals surface area contributed by atoms with Crippen LogP contribution in [0, 0.1) is 0 Å². The van der Waals surface area contributed by atoms with Crippen molar-refractivity contribution in [1.82, 2.24) is 5.32 Å². The van der Waals surface area contributed by atoms with Crippen molar-refractivity contribution in [3.05, 3.63) is 27.7 Å². The Hall–Kier alpha value is -1.03. The van der Waals surface area contributed by atoms with Gasteiger partial charge in [-0.2, -0.15) is 0 Å². The second-order valence-electron chi connectivity index (χ2n) is 3.78. The van der Waals surface area contributed by atoms with Crippen LogP contribution >= 0.6 is 15.9 Å².